The zero-order valence-corrected chi connectivity index (χ0v) is 12.4. The highest BCUT2D eigenvalue weighted by molar-refractivity contribution is 6.31. The van der Waals surface area contributed by atoms with E-state index in [-0.39, 0.29) is 5.78 Å². The Bertz CT molecular complexity index is 454. The molecule has 0 spiro atoms. The van der Waals surface area contributed by atoms with Gasteiger partial charge in [0, 0.05) is 17.2 Å². The summed E-state index contributed by atoms with van der Waals surface area (Å²) in [4.78, 5) is 12.8. The topological polar surface area (TPSA) is 26.3 Å². The number of ether oxygens (including phenoxy) is 1. The molecule has 1 fully saturated rings. The van der Waals surface area contributed by atoms with Gasteiger partial charge in [0.05, 0.1) is 0 Å². The van der Waals surface area contributed by atoms with Crippen LogP contribution in [0.25, 0.3) is 0 Å². The minimum Gasteiger partial charge on any atom is -0.367 e. The zero-order chi connectivity index (χ0) is 13.9. The van der Waals surface area contributed by atoms with Crippen LogP contribution in [0.2, 0.25) is 5.02 Å². The van der Waals surface area contributed by atoms with Crippen molar-refractivity contribution in [3.63, 3.8) is 0 Å². The summed E-state index contributed by atoms with van der Waals surface area (Å²) in [5.41, 5.74) is 0.0203. The molecular weight excluding hydrogens is 260 g/mol. The van der Waals surface area contributed by atoms with E-state index in [9.17, 15) is 4.79 Å². The smallest absolute Gasteiger partial charge is 0.194 e. The molecule has 2 rings (SSSR count). The normalized spacial score (nSPS) is 27.2. The van der Waals surface area contributed by atoms with E-state index < -0.39 is 5.60 Å². The first-order valence-corrected chi connectivity index (χ1v) is 7.39. The van der Waals surface area contributed by atoms with Crippen molar-refractivity contribution in [1.82, 2.24) is 0 Å². The highest BCUT2D eigenvalue weighted by atomic mass is 35.5. The molecule has 0 saturated heterocycles. The molecule has 0 aliphatic heterocycles. The fourth-order valence-corrected chi connectivity index (χ4v) is 3.27. The molecule has 1 aromatic carbocycles. The van der Waals surface area contributed by atoms with E-state index in [4.69, 9.17) is 16.3 Å². The molecule has 0 heterocycles. The lowest BCUT2D eigenvalue weighted by molar-refractivity contribution is -0.0511. The largest absolute Gasteiger partial charge is 0.367 e. The lowest BCUT2D eigenvalue weighted by atomic mass is 9.75. The van der Waals surface area contributed by atoms with Gasteiger partial charge in [0.2, 0.25) is 0 Å². The van der Waals surface area contributed by atoms with Crippen LogP contribution >= 0.6 is 11.6 Å². The molecule has 1 aliphatic rings. The Kier molecular flexibility index (Phi) is 4.64. The molecule has 19 heavy (non-hydrogen) atoms. The van der Waals surface area contributed by atoms with Crippen LogP contribution < -0.4 is 0 Å². The molecule has 0 radical (unpaired) electrons. The summed E-state index contributed by atoms with van der Waals surface area (Å²) in [6, 6.07) is 7.18. The summed E-state index contributed by atoms with van der Waals surface area (Å²) in [7, 11) is 0. The summed E-state index contributed by atoms with van der Waals surface area (Å²) in [6.45, 7) is 4.71. The van der Waals surface area contributed by atoms with E-state index in [0.29, 0.717) is 23.1 Å². The Morgan fingerprint density at radius 2 is 2.32 bits per heavy atom. The number of carbonyl (C=O) groups excluding carboxylic acids is 1. The summed E-state index contributed by atoms with van der Waals surface area (Å²) in [6.07, 6.45) is 3.85. The first kappa shape index (κ1) is 14.5. The van der Waals surface area contributed by atoms with Crippen LogP contribution in [0, 0.1) is 5.92 Å². The maximum absolute atomic E-state index is 12.8. The van der Waals surface area contributed by atoms with E-state index in [0.717, 1.165) is 19.3 Å². The van der Waals surface area contributed by atoms with Crippen molar-refractivity contribution in [3.8, 4) is 0 Å². The summed E-state index contributed by atoms with van der Waals surface area (Å²) in [5, 5.41) is 0.598. The third-order valence-electron chi connectivity index (χ3n) is 3.88. The number of hydrogen-bond acceptors (Lipinski definition) is 2. The van der Waals surface area contributed by atoms with E-state index in [1.165, 1.54) is 6.42 Å². The van der Waals surface area contributed by atoms with E-state index in [1.807, 2.05) is 19.1 Å². The van der Waals surface area contributed by atoms with Crippen LogP contribution in [-0.4, -0.2) is 18.0 Å². The molecule has 0 amide bonds. The van der Waals surface area contributed by atoms with Crippen LogP contribution in [0.5, 0.6) is 0 Å². The second-order valence-electron chi connectivity index (χ2n) is 5.47. The summed E-state index contributed by atoms with van der Waals surface area (Å²) in [5.74, 6) is 0.617. The monoisotopic (exact) mass is 280 g/mol. The van der Waals surface area contributed by atoms with Gasteiger partial charge >= 0.3 is 0 Å². The number of benzene rings is 1. The van der Waals surface area contributed by atoms with Gasteiger partial charge in [0.15, 0.2) is 5.78 Å². The van der Waals surface area contributed by atoms with Gasteiger partial charge in [-0.15, -0.1) is 0 Å². The first-order valence-electron chi connectivity index (χ1n) is 7.02. The number of halogens is 1. The second kappa shape index (κ2) is 6.06. The minimum absolute atomic E-state index is 0.0865. The van der Waals surface area contributed by atoms with Gasteiger partial charge in [-0.2, -0.15) is 0 Å². The van der Waals surface area contributed by atoms with Crippen molar-refractivity contribution < 1.29 is 9.53 Å². The van der Waals surface area contributed by atoms with Crippen LogP contribution in [0.3, 0.4) is 0 Å². The van der Waals surface area contributed by atoms with Gasteiger partial charge in [-0.25, -0.2) is 0 Å². The lowest BCUT2D eigenvalue weighted by Crippen LogP contribution is -2.45. The molecule has 0 bridgehead atoms. The highest BCUT2D eigenvalue weighted by Gasteiger charge is 2.42. The second-order valence-corrected chi connectivity index (χ2v) is 5.90. The third-order valence-corrected chi connectivity index (χ3v) is 4.11. The fraction of sp³-hybridized carbons (Fsp3) is 0.562. The Labute approximate surface area is 120 Å². The van der Waals surface area contributed by atoms with Gasteiger partial charge in [-0.1, -0.05) is 37.1 Å². The number of hydrogen-bond donors (Lipinski definition) is 0. The van der Waals surface area contributed by atoms with Crippen molar-refractivity contribution in [2.75, 3.05) is 6.61 Å². The van der Waals surface area contributed by atoms with Crippen LogP contribution in [0.15, 0.2) is 24.3 Å². The Morgan fingerprint density at radius 1 is 1.53 bits per heavy atom. The van der Waals surface area contributed by atoms with Gasteiger partial charge in [-0.05, 0) is 44.2 Å². The predicted molar refractivity (Wildman–Crippen MR) is 77.8 cm³/mol. The molecule has 1 aromatic rings. The van der Waals surface area contributed by atoms with Crippen LogP contribution in [-0.2, 0) is 4.74 Å². The Balaban J connectivity index is 2.30. The van der Waals surface area contributed by atoms with E-state index in [1.54, 1.807) is 12.1 Å². The van der Waals surface area contributed by atoms with Crippen molar-refractivity contribution in [2.45, 2.75) is 45.1 Å². The number of Topliss-reactive ketones (excluding diaryl/α,β-unsaturated/α-hetero) is 1. The SMILES string of the molecule is CCOC1(C(=O)c2cccc(Cl)c2)CCCC(C)C1. The zero-order valence-electron chi connectivity index (χ0n) is 11.6. The molecule has 1 aliphatic carbocycles. The van der Waals surface area contributed by atoms with E-state index >= 15 is 0 Å². The van der Waals surface area contributed by atoms with Crippen LogP contribution in [0.4, 0.5) is 0 Å². The van der Waals surface area contributed by atoms with Gasteiger partial charge in [0.1, 0.15) is 5.60 Å². The Hall–Kier alpha value is -0.860. The summed E-state index contributed by atoms with van der Waals surface area (Å²) < 4.78 is 5.90. The molecular formula is C16H21ClO2. The van der Waals surface area contributed by atoms with Gasteiger partial charge < -0.3 is 4.74 Å². The number of ketones is 1. The molecule has 0 N–H and O–H groups in total. The number of carbonyl (C=O) groups is 1. The lowest BCUT2D eigenvalue weighted by Gasteiger charge is -2.38. The van der Waals surface area contributed by atoms with Crippen molar-refractivity contribution in [2.24, 2.45) is 5.92 Å². The third kappa shape index (κ3) is 3.18. The van der Waals surface area contributed by atoms with Crippen molar-refractivity contribution >= 4 is 17.4 Å². The summed E-state index contributed by atoms with van der Waals surface area (Å²) >= 11 is 5.99. The van der Waals surface area contributed by atoms with Crippen molar-refractivity contribution in [1.29, 1.82) is 0 Å². The molecule has 2 atom stereocenters. The molecule has 1 saturated carbocycles. The maximum atomic E-state index is 12.8. The standard InChI is InChI=1S/C16H21ClO2/c1-3-19-16(9-5-6-12(2)11-16)15(18)13-7-4-8-14(17)10-13/h4,7-8,10,12H,3,5-6,9,11H2,1-2H3. The van der Waals surface area contributed by atoms with E-state index in [2.05, 4.69) is 6.92 Å². The fourth-order valence-electron chi connectivity index (χ4n) is 3.08. The van der Waals surface area contributed by atoms with Gasteiger partial charge in [-0.3, -0.25) is 4.79 Å². The first-order chi connectivity index (χ1) is 9.07. The average Bonchev–Trinajstić information content (AvgIpc) is 2.38. The molecule has 0 aromatic heterocycles. The Morgan fingerprint density at radius 3 is 2.95 bits per heavy atom. The predicted octanol–water partition coefficient (Wildman–Crippen LogP) is 4.51. The molecule has 2 nitrogen and oxygen atoms in total. The van der Waals surface area contributed by atoms with Gasteiger partial charge in [0.25, 0.3) is 0 Å². The number of rotatable bonds is 4. The molecule has 2 unspecified atom stereocenters. The molecule has 104 valence electrons. The maximum Gasteiger partial charge on any atom is 0.194 e. The molecule has 3 heteroatoms. The average molecular weight is 281 g/mol. The minimum atomic E-state index is -0.642. The highest BCUT2D eigenvalue weighted by Crippen LogP contribution is 2.37. The quantitative estimate of drug-likeness (QED) is 0.759. The van der Waals surface area contributed by atoms with Crippen molar-refractivity contribution in [3.05, 3.63) is 34.9 Å². The van der Waals surface area contributed by atoms with Crippen LogP contribution in [0.1, 0.15) is 49.9 Å².